The number of rotatable bonds is 4. The van der Waals surface area contributed by atoms with Gasteiger partial charge < -0.3 is 4.74 Å². The van der Waals surface area contributed by atoms with Crippen LogP contribution in [0.2, 0.25) is 0 Å². The number of carbonyl (C=O) groups is 1. The van der Waals surface area contributed by atoms with Gasteiger partial charge in [0, 0.05) is 5.33 Å². The third-order valence-electron chi connectivity index (χ3n) is 0.905. The Morgan fingerprint density at radius 2 is 2.40 bits per heavy atom. The van der Waals surface area contributed by atoms with Gasteiger partial charge in [-0.05, 0) is 13.3 Å². The quantitative estimate of drug-likeness (QED) is 0.524. The van der Waals surface area contributed by atoms with Gasteiger partial charge in [-0.3, -0.25) is 0 Å². The molecule has 0 N–H and O–H groups in total. The van der Waals surface area contributed by atoms with Crippen LogP contribution >= 0.6 is 15.9 Å². The number of carbonyl (C=O) groups excluding carboxylic acids is 1. The monoisotopic (exact) mass is 212 g/mol. The van der Waals surface area contributed by atoms with Gasteiger partial charge in [-0.25, -0.2) is 9.18 Å². The molecule has 0 heterocycles. The minimum atomic E-state index is -1.47. The fourth-order valence-electron chi connectivity index (χ4n) is 0.446. The second kappa shape index (κ2) is 5.65. The first-order chi connectivity index (χ1) is 4.72. The average molecular weight is 213 g/mol. The van der Waals surface area contributed by atoms with Crippen LogP contribution in [0.3, 0.4) is 0 Å². The molecular formula is C6H10BrFO2. The zero-order chi connectivity index (χ0) is 7.98. The molecule has 0 amide bonds. The first kappa shape index (κ1) is 9.88. The van der Waals surface area contributed by atoms with Crippen LogP contribution in [-0.4, -0.2) is 24.1 Å². The third kappa shape index (κ3) is 3.82. The Labute approximate surface area is 67.9 Å². The Hall–Kier alpha value is -0.120. The Morgan fingerprint density at radius 1 is 1.80 bits per heavy atom. The summed E-state index contributed by atoms with van der Waals surface area (Å²) in [5.74, 6) is -0.762. The molecule has 2 nitrogen and oxygen atoms in total. The van der Waals surface area contributed by atoms with Gasteiger partial charge in [-0.15, -0.1) is 0 Å². The van der Waals surface area contributed by atoms with Gasteiger partial charge in [0.25, 0.3) is 0 Å². The van der Waals surface area contributed by atoms with Crippen molar-refractivity contribution < 1.29 is 13.9 Å². The highest BCUT2D eigenvalue weighted by Crippen LogP contribution is 2.02. The number of halogens is 2. The van der Waals surface area contributed by atoms with Crippen LogP contribution in [0.1, 0.15) is 13.3 Å². The largest absolute Gasteiger partial charge is 0.464 e. The lowest BCUT2D eigenvalue weighted by Crippen LogP contribution is -2.18. The van der Waals surface area contributed by atoms with Crippen molar-refractivity contribution in [3.63, 3.8) is 0 Å². The molecule has 1 atom stereocenters. The molecule has 0 radical (unpaired) electrons. The average Bonchev–Trinajstić information content (AvgIpc) is 1.89. The lowest BCUT2D eigenvalue weighted by atomic mass is 10.3. The summed E-state index contributed by atoms with van der Waals surface area (Å²) in [7, 11) is 0. The van der Waals surface area contributed by atoms with Gasteiger partial charge in [0.15, 0.2) is 6.17 Å². The van der Waals surface area contributed by atoms with Crippen molar-refractivity contribution in [2.45, 2.75) is 19.5 Å². The molecular weight excluding hydrogens is 203 g/mol. The molecule has 0 saturated carbocycles. The van der Waals surface area contributed by atoms with E-state index in [1.807, 2.05) is 0 Å². The lowest BCUT2D eigenvalue weighted by Gasteiger charge is -2.03. The summed E-state index contributed by atoms with van der Waals surface area (Å²) < 4.78 is 16.9. The van der Waals surface area contributed by atoms with E-state index in [2.05, 4.69) is 20.7 Å². The predicted octanol–water partition coefficient (Wildman–Crippen LogP) is 1.67. The summed E-state index contributed by atoms with van der Waals surface area (Å²) in [4.78, 5) is 10.5. The van der Waals surface area contributed by atoms with Crippen LogP contribution in [0, 0.1) is 0 Å². The van der Waals surface area contributed by atoms with Gasteiger partial charge in [0.2, 0.25) is 0 Å². The molecule has 60 valence electrons. The minimum Gasteiger partial charge on any atom is -0.464 e. The van der Waals surface area contributed by atoms with Gasteiger partial charge in [-0.2, -0.15) is 0 Å². The number of hydrogen-bond acceptors (Lipinski definition) is 2. The van der Waals surface area contributed by atoms with Crippen molar-refractivity contribution in [3.8, 4) is 0 Å². The molecule has 0 aliphatic carbocycles. The smallest absolute Gasteiger partial charge is 0.340 e. The number of alkyl halides is 2. The molecule has 0 aliphatic heterocycles. The second-order valence-corrected chi connectivity index (χ2v) is 2.49. The van der Waals surface area contributed by atoms with E-state index < -0.39 is 12.1 Å². The third-order valence-corrected chi connectivity index (χ3v) is 1.36. The van der Waals surface area contributed by atoms with Gasteiger partial charge in [0.1, 0.15) is 0 Å². The van der Waals surface area contributed by atoms with E-state index in [0.717, 1.165) is 0 Å². The SMILES string of the molecule is CCOC(=O)C(F)CCBr. The zero-order valence-corrected chi connectivity index (χ0v) is 7.36. The van der Waals surface area contributed by atoms with Crippen LogP contribution in [0.4, 0.5) is 4.39 Å². The number of hydrogen-bond donors (Lipinski definition) is 0. The maximum Gasteiger partial charge on any atom is 0.340 e. The Kier molecular flexibility index (Phi) is 5.58. The number of esters is 1. The molecule has 4 heteroatoms. The highest BCUT2D eigenvalue weighted by molar-refractivity contribution is 9.09. The molecule has 0 aromatic heterocycles. The van der Waals surface area contributed by atoms with Crippen molar-refractivity contribution in [2.75, 3.05) is 11.9 Å². The van der Waals surface area contributed by atoms with E-state index >= 15 is 0 Å². The Bertz CT molecular complexity index is 108. The van der Waals surface area contributed by atoms with Crippen molar-refractivity contribution >= 4 is 21.9 Å². The van der Waals surface area contributed by atoms with Gasteiger partial charge in [-0.1, -0.05) is 15.9 Å². The van der Waals surface area contributed by atoms with Crippen LogP contribution < -0.4 is 0 Å². The van der Waals surface area contributed by atoms with Crippen molar-refractivity contribution in [2.24, 2.45) is 0 Å². The fourth-order valence-corrected chi connectivity index (χ4v) is 0.848. The highest BCUT2D eigenvalue weighted by Gasteiger charge is 2.16. The summed E-state index contributed by atoms with van der Waals surface area (Å²) >= 11 is 3.02. The molecule has 0 aliphatic rings. The topological polar surface area (TPSA) is 26.3 Å². The maximum atomic E-state index is 12.5. The summed E-state index contributed by atoms with van der Waals surface area (Å²) in [6.07, 6.45) is -1.29. The first-order valence-electron chi connectivity index (χ1n) is 3.09. The van der Waals surface area contributed by atoms with Gasteiger partial charge in [0.05, 0.1) is 6.61 Å². The molecule has 0 aromatic rings. The van der Waals surface area contributed by atoms with E-state index in [1.165, 1.54) is 0 Å². The van der Waals surface area contributed by atoms with E-state index in [4.69, 9.17) is 0 Å². The van der Waals surface area contributed by atoms with Crippen LogP contribution in [0.15, 0.2) is 0 Å². The minimum absolute atomic E-state index is 0.179. The van der Waals surface area contributed by atoms with Crippen molar-refractivity contribution in [1.29, 1.82) is 0 Å². The molecule has 0 rings (SSSR count). The predicted molar refractivity (Wildman–Crippen MR) is 39.9 cm³/mol. The lowest BCUT2D eigenvalue weighted by molar-refractivity contribution is -0.149. The summed E-state index contributed by atoms with van der Waals surface area (Å²) in [5, 5.41) is 0.479. The summed E-state index contributed by atoms with van der Waals surface area (Å²) in [6.45, 7) is 1.89. The molecule has 1 unspecified atom stereocenters. The molecule has 0 spiro atoms. The van der Waals surface area contributed by atoms with E-state index in [0.29, 0.717) is 5.33 Å². The van der Waals surface area contributed by atoms with Crippen molar-refractivity contribution in [3.05, 3.63) is 0 Å². The Morgan fingerprint density at radius 3 is 2.80 bits per heavy atom. The molecule has 0 saturated heterocycles. The zero-order valence-electron chi connectivity index (χ0n) is 5.77. The van der Waals surface area contributed by atoms with Crippen LogP contribution in [-0.2, 0) is 9.53 Å². The maximum absolute atomic E-state index is 12.5. The fraction of sp³-hybridized carbons (Fsp3) is 0.833. The van der Waals surface area contributed by atoms with Crippen molar-refractivity contribution in [1.82, 2.24) is 0 Å². The molecule has 10 heavy (non-hydrogen) atoms. The highest BCUT2D eigenvalue weighted by atomic mass is 79.9. The van der Waals surface area contributed by atoms with E-state index in [-0.39, 0.29) is 13.0 Å². The first-order valence-corrected chi connectivity index (χ1v) is 4.21. The standard InChI is InChI=1S/C6H10BrFO2/c1-2-10-6(9)5(8)3-4-7/h5H,2-4H2,1H3. The molecule has 0 bridgehead atoms. The normalized spacial score (nSPS) is 12.7. The Balaban J connectivity index is 3.49. The van der Waals surface area contributed by atoms with E-state index in [1.54, 1.807) is 6.92 Å². The van der Waals surface area contributed by atoms with Crippen LogP contribution in [0.25, 0.3) is 0 Å². The molecule has 0 aromatic carbocycles. The summed E-state index contributed by atoms with van der Waals surface area (Å²) in [5.41, 5.74) is 0. The van der Waals surface area contributed by atoms with E-state index in [9.17, 15) is 9.18 Å². The summed E-state index contributed by atoms with van der Waals surface area (Å²) in [6, 6.07) is 0. The van der Waals surface area contributed by atoms with Crippen LogP contribution in [0.5, 0.6) is 0 Å². The molecule has 0 fully saturated rings. The second-order valence-electron chi connectivity index (χ2n) is 1.70. The van der Waals surface area contributed by atoms with Gasteiger partial charge >= 0.3 is 5.97 Å². The number of ether oxygens (including phenoxy) is 1.